The first-order chi connectivity index (χ1) is 11.0. The number of esters is 1. The Bertz CT molecular complexity index is 559. The van der Waals surface area contributed by atoms with Crippen LogP contribution < -0.4 is 5.32 Å². The Kier molecular flexibility index (Phi) is 6.84. The maximum atomic E-state index is 12.9. The van der Waals surface area contributed by atoms with Crippen LogP contribution >= 0.6 is 11.6 Å². The van der Waals surface area contributed by atoms with Crippen LogP contribution in [0.4, 0.5) is 10.1 Å². The molecule has 1 aromatic carbocycles. The predicted octanol–water partition coefficient (Wildman–Crippen LogP) is 4.32. The fourth-order valence-corrected chi connectivity index (χ4v) is 3.01. The number of hydrogen-bond acceptors (Lipinski definition) is 3. The molecule has 4 nitrogen and oxygen atoms in total. The van der Waals surface area contributed by atoms with Crippen LogP contribution in [-0.2, 0) is 14.3 Å². The highest BCUT2D eigenvalue weighted by atomic mass is 35.5. The number of carbonyl (C=O) groups is 2. The van der Waals surface area contributed by atoms with Crippen molar-refractivity contribution >= 4 is 29.2 Å². The number of carbonyl (C=O) groups excluding carboxylic acids is 2. The molecule has 0 atom stereocenters. The molecular weight excluding hydrogens is 321 g/mol. The van der Waals surface area contributed by atoms with E-state index in [1.54, 1.807) is 0 Å². The average molecular weight is 342 g/mol. The van der Waals surface area contributed by atoms with Crippen LogP contribution in [0.1, 0.15) is 44.9 Å². The first-order valence-electron chi connectivity index (χ1n) is 7.95. The second-order valence-corrected chi connectivity index (χ2v) is 6.28. The van der Waals surface area contributed by atoms with Crippen molar-refractivity contribution in [2.24, 2.45) is 5.92 Å². The molecule has 0 heterocycles. The Balaban J connectivity index is 1.68. The average Bonchev–Trinajstić information content (AvgIpc) is 2.54. The molecule has 6 heteroatoms. The van der Waals surface area contributed by atoms with E-state index in [4.69, 9.17) is 16.3 Å². The molecule has 2 rings (SSSR count). The molecule has 1 aliphatic rings. The van der Waals surface area contributed by atoms with E-state index in [0.717, 1.165) is 12.5 Å². The molecule has 0 aliphatic heterocycles. The molecule has 1 amide bonds. The number of rotatable bonds is 6. The molecule has 23 heavy (non-hydrogen) atoms. The van der Waals surface area contributed by atoms with Crippen molar-refractivity contribution in [2.75, 3.05) is 11.9 Å². The minimum atomic E-state index is -0.496. The third kappa shape index (κ3) is 6.18. The lowest BCUT2D eigenvalue weighted by Crippen LogP contribution is -2.21. The van der Waals surface area contributed by atoms with Crippen LogP contribution in [0.2, 0.25) is 5.02 Å². The minimum Gasteiger partial charge on any atom is -0.456 e. The van der Waals surface area contributed by atoms with Gasteiger partial charge in [0.2, 0.25) is 0 Å². The summed E-state index contributed by atoms with van der Waals surface area (Å²) in [6.45, 7) is -0.364. The molecule has 1 N–H and O–H groups in total. The summed E-state index contributed by atoms with van der Waals surface area (Å²) in [5.41, 5.74) is 0.288. The number of halogens is 2. The van der Waals surface area contributed by atoms with Crippen LogP contribution in [0.25, 0.3) is 0 Å². The SMILES string of the molecule is O=C(COC(=O)CCC1CCCCC1)Nc1ccc(F)cc1Cl. The van der Waals surface area contributed by atoms with E-state index in [2.05, 4.69) is 5.32 Å². The standard InChI is InChI=1S/C17H21ClFNO3/c18-14-10-13(19)7-8-15(14)20-16(21)11-23-17(22)9-6-12-4-2-1-3-5-12/h7-8,10,12H,1-6,9,11H2,(H,20,21). The molecule has 0 spiro atoms. The summed E-state index contributed by atoms with van der Waals surface area (Å²) in [6, 6.07) is 3.66. The van der Waals surface area contributed by atoms with E-state index >= 15 is 0 Å². The lowest BCUT2D eigenvalue weighted by atomic mass is 9.86. The van der Waals surface area contributed by atoms with Crippen molar-refractivity contribution in [3.63, 3.8) is 0 Å². The van der Waals surface area contributed by atoms with Gasteiger partial charge in [0.1, 0.15) is 5.82 Å². The van der Waals surface area contributed by atoms with Crippen molar-refractivity contribution in [1.29, 1.82) is 0 Å². The third-order valence-corrected chi connectivity index (χ3v) is 4.36. The van der Waals surface area contributed by atoms with Crippen LogP contribution in [0, 0.1) is 11.7 Å². The van der Waals surface area contributed by atoms with Crippen molar-refractivity contribution in [3.05, 3.63) is 29.0 Å². The Morgan fingerprint density at radius 2 is 2.00 bits per heavy atom. The Morgan fingerprint density at radius 3 is 2.70 bits per heavy atom. The van der Waals surface area contributed by atoms with Crippen LogP contribution in [0.5, 0.6) is 0 Å². The van der Waals surface area contributed by atoms with E-state index in [-0.39, 0.29) is 23.3 Å². The van der Waals surface area contributed by atoms with Gasteiger partial charge in [0.05, 0.1) is 10.7 Å². The van der Waals surface area contributed by atoms with E-state index < -0.39 is 11.7 Å². The smallest absolute Gasteiger partial charge is 0.306 e. The van der Waals surface area contributed by atoms with Gasteiger partial charge in [-0.2, -0.15) is 0 Å². The number of benzene rings is 1. The van der Waals surface area contributed by atoms with Crippen molar-refractivity contribution in [2.45, 2.75) is 44.9 Å². The second-order valence-electron chi connectivity index (χ2n) is 5.88. The van der Waals surface area contributed by atoms with E-state index in [1.807, 2.05) is 0 Å². The number of hydrogen-bond donors (Lipinski definition) is 1. The van der Waals surface area contributed by atoms with Crippen LogP contribution in [0.15, 0.2) is 18.2 Å². The first kappa shape index (κ1) is 17.7. The summed E-state index contributed by atoms with van der Waals surface area (Å²) in [5, 5.41) is 2.58. The van der Waals surface area contributed by atoms with E-state index in [0.29, 0.717) is 12.3 Å². The Morgan fingerprint density at radius 1 is 1.26 bits per heavy atom. The normalized spacial score (nSPS) is 15.2. The highest BCUT2D eigenvalue weighted by Crippen LogP contribution is 2.27. The Labute approximate surface area is 140 Å². The molecule has 1 aromatic rings. The fourth-order valence-electron chi connectivity index (χ4n) is 2.79. The summed E-state index contributed by atoms with van der Waals surface area (Å²) in [4.78, 5) is 23.4. The molecule has 1 aliphatic carbocycles. The molecule has 0 radical (unpaired) electrons. The monoisotopic (exact) mass is 341 g/mol. The summed E-state index contributed by atoms with van der Waals surface area (Å²) < 4.78 is 17.9. The number of nitrogens with one attached hydrogen (secondary N) is 1. The third-order valence-electron chi connectivity index (χ3n) is 4.05. The molecule has 126 valence electrons. The Hall–Kier alpha value is -1.62. The number of anilines is 1. The van der Waals surface area contributed by atoms with Gasteiger partial charge in [0, 0.05) is 6.42 Å². The highest BCUT2D eigenvalue weighted by molar-refractivity contribution is 6.33. The molecular formula is C17H21ClFNO3. The fraction of sp³-hybridized carbons (Fsp3) is 0.529. The molecule has 0 aromatic heterocycles. The lowest BCUT2D eigenvalue weighted by molar-refractivity contribution is -0.147. The van der Waals surface area contributed by atoms with Gasteiger partial charge in [-0.25, -0.2) is 4.39 Å². The predicted molar refractivity (Wildman–Crippen MR) is 86.8 cm³/mol. The van der Waals surface area contributed by atoms with Gasteiger partial charge in [-0.3, -0.25) is 9.59 Å². The van der Waals surface area contributed by atoms with Crippen molar-refractivity contribution < 1.29 is 18.7 Å². The van der Waals surface area contributed by atoms with Gasteiger partial charge in [-0.1, -0.05) is 43.7 Å². The van der Waals surface area contributed by atoms with Gasteiger partial charge >= 0.3 is 5.97 Å². The van der Waals surface area contributed by atoms with Gasteiger partial charge in [0.15, 0.2) is 6.61 Å². The molecule has 0 bridgehead atoms. The number of amides is 1. The zero-order valence-corrected chi connectivity index (χ0v) is 13.7. The lowest BCUT2D eigenvalue weighted by Gasteiger charge is -2.20. The van der Waals surface area contributed by atoms with Crippen LogP contribution in [0.3, 0.4) is 0 Å². The largest absolute Gasteiger partial charge is 0.456 e. The first-order valence-corrected chi connectivity index (χ1v) is 8.33. The maximum Gasteiger partial charge on any atom is 0.306 e. The zero-order chi connectivity index (χ0) is 16.7. The summed E-state index contributed by atoms with van der Waals surface area (Å²) in [6.07, 6.45) is 7.28. The molecule has 0 saturated heterocycles. The highest BCUT2D eigenvalue weighted by Gasteiger charge is 2.16. The van der Waals surface area contributed by atoms with Gasteiger partial charge in [-0.15, -0.1) is 0 Å². The molecule has 0 unspecified atom stereocenters. The summed E-state index contributed by atoms with van der Waals surface area (Å²) in [5.74, 6) is -0.745. The van der Waals surface area contributed by atoms with Gasteiger partial charge in [0.25, 0.3) is 5.91 Å². The van der Waals surface area contributed by atoms with E-state index in [9.17, 15) is 14.0 Å². The van der Waals surface area contributed by atoms with E-state index in [1.165, 1.54) is 44.2 Å². The summed E-state index contributed by atoms with van der Waals surface area (Å²) in [7, 11) is 0. The maximum absolute atomic E-state index is 12.9. The topological polar surface area (TPSA) is 55.4 Å². The summed E-state index contributed by atoms with van der Waals surface area (Å²) >= 11 is 5.81. The second kappa shape index (κ2) is 8.87. The van der Waals surface area contributed by atoms with Crippen molar-refractivity contribution in [3.8, 4) is 0 Å². The van der Waals surface area contributed by atoms with Crippen molar-refractivity contribution in [1.82, 2.24) is 0 Å². The van der Waals surface area contributed by atoms with Gasteiger partial charge in [-0.05, 0) is 30.5 Å². The molecule has 1 fully saturated rings. The van der Waals surface area contributed by atoms with Gasteiger partial charge < -0.3 is 10.1 Å². The number of ether oxygens (including phenoxy) is 1. The minimum absolute atomic E-state index is 0.0991. The van der Waals surface area contributed by atoms with Crippen LogP contribution in [-0.4, -0.2) is 18.5 Å². The quantitative estimate of drug-likeness (QED) is 0.784. The zero-order valence-electron chi connectivity index (χ0n) is 12.9. The molecule has 1 saturated carbocycles.